The molecule has 1 N–H and O–H groups in total. The third kappa shape index (κ3) is 3.30. The zero-order valence-corrected chi connectivity index (χ0v) is 10.9. The van der Waals surface area contributed by atoms with Crippen LogP contribution in [0, 0.1) is 12.8 Å². The Morgan fingerprint density at radius 1 is 1.47 bits per heavy atom. The van der Waals surface area contributed by atoms with Crippen LogP contribution in [0.5, 0.6) is 0 Å². The first-order valence-electron chi connectivity index (χ1n) is 6.60. The minimum absolute atomic E-state index is 0.584. The average Bonchev–Trinajstić information content (AvgIpc) is 2.37. The van der Waals surface area contributed by atoms with Gasteiger partial charge >= 0.3 is 0 Å². The van der Waals surface area contributed by atoms with Crippen molar-refractivity contribution >= 4 is 0 Å². The summed E-state index contributed by atoms with van der Waals surface area (Å²) in [5.41, 5.74) is 2.80. The summed E-state index contributed by atoms with van der Waals surface area (Å²) in [5, 5.41) is 3.33. The van der Waals surface area contributed by atoms with E-state index in [0.29, 0.717) is 11.8 Å². The summed E-state index contributed by atoms with van der Waals surface area (Å²) in [5.74, 6) is 1.25. The Kier molecular flexibility index (Phi) is 4.57. The second-order valence-corrected chi connectivity index (χ2v) is 5.06. The molecule has 0 radical (unpaired) electrons. The van der Waals surface area contributed by atoms with Crippen molar-refractivity contribution in [1.29, 1.82) is 0 Å². The van der Waals surface area contributed by atoms with Crippen LogP contribution in [0.1, 0.15) is 29.9 Å². The fourth-order valence-corrected chi connectivity index (χ4v) is 2.76. The first-order valence-corrected chi connectivity index (χ1v) is 6.60. The molecule has 0 amide bonds. The highest BCUT2D eigenvalue weighted by molar-refractivity contribution is 5.26. The Morgan fingerprint density at radius 3 is 3.00 bits per heavy atom. The second-order valence-electron chi connectivity index (χ2n) is 5.06. The van der Waals surface area contributed by atoms with Gasteiger partial charge < -0.3 is 10.1 Å². The summed E-state index contributed by atoms with van der Waals surface area (Å²) in [7, 11) is 2.03. The zero-order chi connectivity index (χ0) is 12.1. The van der Waals surface area contributed by atoms with Gasteiger partial charge in [0.25, 0.3) is 0 Å². The normalized spacial score (nSPS) is 22.4. The number of nitrogens with one attached hydrogen (secondary N) is 1. The predicted octanol–water partition coefficient (Wildman–Crippen LogP) is 2.72. The highest BCUT2D eigenvalue weighted by Gasteiger charge is 2.25. The predicted molar refractivity (Wildman–Crippen MR) is 71.4 cm³/mol. The molecule has 17 heavy (non-hydrogen) atoms. The number of ether oxygens (including phenoxy) is 1. The van der Waals surface area contributed by atoms with Crippen LogP contribution in [-0.2, 0) is 4.74 Å². The highest BCUT2D eigenvalue weighted by Crippen LogP contribution is 2.30. The van der Waals surface area contributed by atoms with Gasteiger partial charge in [-0.2, -0.15) is 0 Å². The van der Waals surface area contributed by atoms with E-state index in [9.17, 15) is 0 Å². The Bertz CT molecular complexity index is 345. The van der Waals surface area contributed by atoms with E-state index in [-0.39, 0.29) is 0 Å². The van der Waals surface area contributed by atoms with Gasteiger partial charge in [0.2, 0.25) is 0 Å². The largest absolute Gasteiger partial charge is 0.381 e. The lowest BCUT2D eigenvalue weighted by Gasteiger charge is -2.30. The van der Waals surface area contributed by atoms with Crippen LogP contribution in [0.3, 0.4) is 0 Å². The van der Waals surface area contributed by atoms with Crippen molar-refractivity contribution < 1.29 is 4.74 Å². The Labute approximate surface area is 104 Å². The van der Waals surface area contributed by atoms with Gasteiger partial charge in [0.05, 0.1) is 6.61 Å². The van der Waals surface area contributed by atoms with E-state index in [2.05, 4.69) is 36.5 Å². The van der Waals surface area contributed by atoms with Gasteiger partial charge in [-0.1, -0.05) is 29.8 Å². The number of likely N-dealkylation sites (N-methyl/N-ethyl adjacent to an activating group) is 1. The van der Waals surface area contributed by atoms with Crippen molar-refractivity contribution in [3.63, 3.8) is 0 Å². The first kappa shape index (κ1) is 12.6. The SMILES string of the molecule is CNCC(c1cccc(C)c1)C1CCCOC1. The van der Waals surface area contributed by atoms with Crippen LogP contribution in [0.2, 0.25) is 0 Å². The molecule has 1 aliphatic heterocycles. The van der Waals surface area contributed by atoms with Gasteiger partial charge in [0.1, 0.15) is 0 Å². The van der Waals surface area contributed by atoms with Crippen molar-refractivity contribution in [2.75, 3.05) is 26.8 Å². The number of hydrogen-bond acceptors (Lipinski definition) is 2. The smallest absolute Gasteiger partial charge is 0.0500 e. The number of aryl methyl sites for hydroxylation is 1. The van der Waals surface area contributed by atoms with Crippen molar-refractivity contribution in [2.45, 2.75) is 25.7 Å². The van der Waals surface area contributed by atoms with Gasteiger partial charge in [0.15, 0.2) is 0 Å². The van der Waals surface area contributed by atoms with Crippen molar-refractivity contribution in [3.8, 4) is 0 Å². The minimum Gasteiger partial charge on any atom is -0.381 e. The van der Waals surface area contributed by atoms with E-state index in [1.165, 1.54) is 24.0 Å². The molecule has 1 saturated heterocycles. The van der Waals surface area contributed by atoms with E-state index in [0.717, 1.165) is 19.8 Å². The van der Waals surface area contributed by atoms with Crippen LogP contribution in [-0.4, -0.2) is 26.8 Å². The Balaban J connectivity index is 2.15. The molecule has 2 heteroatoms. The maximum Gasteiger partial charge on any atom is 0.0500 e. The summed E-state index contributed by atoms with van der Waals surface area (Å²) >= 11 is 0. The molecule has 2 nitrogen and oxygen atoms in total. The van der Waals surface area contributed by atoms with E-state index in [1.54, 1.807) is 0 Å². The van der Waals surface area contributed by atoms with Crippen LogP contribution < -0.4 is 5.32 Å². The van der Waals surface area contributed by atoms with Crippen molar-refractivity contribution in [2.24, 2.45) is 5.92 Å². The summed E-state index contributed by atoms with van der Waals surface area (Å²) in [4.78, 5) is 0. The molecule has 1 aromatic rings. The van der Waals surface area contributed by atoms with Crippen LogP contribution in [0.15, 0.2) is 24.3 Å². The Hall–Kier alpha value is -0.860. The van der Waals surface area contributed by atoms with Gasteiger partial charge in [-0.15, -0.1) is 0 Å². The first-order chi connectivity index (χ1) is 8.31. The fraction of sp³-hybridized carbons (Fsp3) is 0.600. The lowest BCUT2D eigenvalue weighted by Crippen LogP contribution is -2.30. The molecule has 0 bridgehead atoms. The number of hydrogen-bond donors (Lipinski definition) is 1. The molecular weight excluding hydrogens is 210 g/mol. The average molecular weight is 233 g/mol. The molecular formula is C15H23NO. The van der Waals surface area contributed by atoms with Crippen molar-refractivity contribution in [1.82, 2.24) is 5.32 Å². The molecule has 0 saturated carbocycles. The summed E-state index contributed by atoms with van der Waals surface area (Å²) < 4.78 is 5.63. The van der Waals surface area contributed by atoms with E-state index >= 15 is 0 Å². The highest BCUT2D eigenvalue weighted by atomic mass is 16.5. The summed E-state index contributed by atoms with van der Waals surface area (Å²) in [6, 6.07) is 8.90. The topological polar surface area (TPSA) is 21.3 Å². The van der Waals surface area contributed by atoms with Gasteiger partial charge in [-0.05, 0) is 38.3 Å². The van der Waals surface area contributed by atoms with Crippen LogP contribution in [0.25, 0.3) is 0 Å². The molecule has 0 aliphatic carbocycles. The van der Waals surface area contributed by atoms with E-state index in [4.69, 9.17) is 4.74 Å². The zero-order valence-electron chi connectivity index (χ0n) is 10.9. The minimum atomic E-state index is 0.584. The molecule has 2 rings (SSSR count). The Morgan fingerprint density at radius 2 is 2.35 bits per heavy atom. The van der Waals surface area contributed by atoms with E-state index < -0.39 is 0 Å². The second kappa shape index (κ2) is 6.18. The standard InChI is InChI=1S/C15H23NO/c1-12-5-3-6-13(9-12)15(10-16-2)14-7-4-8-17-11-14/h3,5-6,9,14-16H,4,7-8,10-11H2,1-2H3. The van der Waals surface area contributed by atoms with Gasteiger partial charge in [0, 0.05) is 19.1 Å². The van der Waals surface area contributed by atoms with Gasteiger partial charge in [-0.25, -0.2) is 0 Å². The van der Waals surface area contributed by atoms with Crippen molar-refractivity contribution in [3.05, 3.63) is 35.4 Å². The molecule has 1 fully saturated rings. The maximum absolute atomic E-state index is 5.63. The quantitative estimate of drug-likeness (QED) is 0.863. The van der Waals surface area contributed by atoms with E-state index in [1.807, 2.05) is 7.05 Å². The monoisotopic (exact) mass is 233 g/mol. The number of rotatable bonds is 4. The molecule has 0 spiro atoms. The fourth-order valence-electron chi connectivity index (χ4n) is 2.76. The molecule has 2 unspecified atom stereocenters. The third-order valence-corrected chi connectivity index (χ3v) is 3.66. The molecule has 1 aromatic carbocycles. The third-order valence-electron chi connectivity index (χ3n) is 3.66. The maximum atomic E-state index is 5.63. The molecule has 1 aliphatic rings. The number of benzene rings is 1. The lowest BCUT2D eigenvalue weighted by atomic mass is 9.82. The molecule has 94 valence electrons. The molecule has 2 atom stereocenters. The summed E-state index contributed by atoms with van der Waals surface area (Å²) in [6.45, 7) is 5.06. The lowest BCUT2D eigenvalue weighted by molar-refractivity contribution is 0.0441. The molecule has 1 heterocycles. The summed E-state index contributed by atoms with van der Waals surface area (Å²) in [6.07, 6.45) is 2.50. The molecule has 0 aromatic heterocycles. The van der Waals surface area contributed by atoms with Gasteiger partial charge in [-0.3, -0.25) is 0 Å². The van der Waals surface area contributed by atoms with Crippen LogP contribution in [0.4, 0.5) is 0 Å². The van der Waals surface area contributed by atoms with Crippen LogP contribution >= 0.6 is 0 Å².